The van der Waals surface area contributed by atoms with E-state index in [9.17, 15) is 4.79 Å². The van der Waals surface area contributed by atoms with Crippen LogP contribution < -0.4 is 0 Å². The van der Waals surface area contributed by atoms with Crippen molar-refractivity contribution in [2.24, 2.45) is 0 Å². The van der Waals surface area contributed by atoms with Gasteiger partial charge in [0, 0.05) is 31.0 Å². The van der Waals surface area contributed by atoms with E-state index < -0.39 is 0 Å². The summed E-state index contributed by atoms with van der Waals surface area (Å²) in [6, 6.07) is 12.0. The molecule has 0 aliphatic carbocycles. The van der Waals surface area contributed by atoms with Crippen molar-refractivity contribution in [1.29, 1.82) is 0 Å². The van der Waals surface area contributed by atoms with Crippen LogP contribution in [0.15, 0.2) is 48.8 Å². The molecule has 1 aromatic carbocycles. The highest BCUT2D eigenvalue weighted by Crippen LogP contribution is 2.10. The van der Waals surface area contributed by atoms with Crippen molar-refractivity contribution in [3.8, 4) is 0 Å². The number of carbonyl (C=O) groups excluding carboxylic acids is 1. The van der Waals surface area contributed by atoms with Gasteiger partial charge in [-0.25, -0.2) is 0 Å². The fraction of sp³-hybridized carbons (Fsp3) is 0.400. The molecule has 1 heterocycles. The Morgan fingerprint density at radius 3 is 2.43 bits per heavy atom. The number of aryl methyl sites for hydroxylation is 2. The molecule has 0 unspecified atom stereocenters. The Morgan fingerprint density at radius 1 is 1.04 bits per heavy atom. The molecule has 0 aliphatic heterocycles. The lowest BCUT2D eigenvalue weighted by molar-refractivity contribution is 0.0753. The maximum atomic E-state index is 12.7. The van der Waals surface area contributed by atoms with E-state index in [0.717, 1.165) is 44.3 Å². The Balaban J connectivity index is 1.94. The van der Waals surface area contributed by atoms with Crippen molar-refractivity contribution in [1.82, 2.24) is 9.88 Å². The van der Waals surface area contributed by atoms with Gasteiger partial charge in [-0.2, -0.15) is 0 Å². The molecule has 0 spiro atoms. The first-order valence-electron chi connectivity index (χ1n) is 8.51. The summed E-state index contributed by atoms with van der Waals surface area (Å²) in [5.41, 5.74) is 3.28. The zero-order chi connectivity index (χ0) is 16.5. The van der Waals surface area contributed by atoms with Crippen molar-refractivity contribution in [2.75, 3.05) is 13.1 Å². The van der Waals surface area contributed by atoms with E-state index in [1.807, 2.05) is 41.4 Å². The largest absolute Gasteiger partial charge is 0.339 e. The first-order chi connectivity index (χ1) is 11.2. The second-order valence-corrected chi connectivity index (χ2v) is 5.81. The zero-order valence-electron chi connectivity index (χ0n) is 14.2. The van der Waals surface area contributed by atoms with E-state index in [2.05, 4.69) is 24.9 Å². The van der Waals surface area contributed by atoms with E-state index in [0.29, 0.717) is 0 Å². The third kappa shape index (κ3) is 5.20. The van der Waals surface area contributed by atoms with Gasteiger partial charge in [0.05, 0.1) is 0 Å². The van der Waals surface area contributed by atoms with E-state index >= 15 is 0 Å². The van der Waals surface area contributed by atoms with Gasteiger partial charge in [0.1, 0.15) is 0 Å². The second kappa shape index (κ2) is 9.09. The van der Waals surface area contributed by atoms with Gasteiger partial charge in [0.2, 0.25) is 0 Å². The molecule has 3 heteroatoms. The van der Waals surface area contributed by atoms with E-state index in [-0.39, 0.29) is 5.91 Å². The van der Waals surface area contributed by atoms with Crippen LogP contribution >= 0.6 is 0 Å². The standard InChI is InChI=1S/C20H26N2O/c1-3-14-22(15-6-8-18-7-5-13-21-16-18)20(23)19-11-9-17(4-2)10-12-19/h5,7,9-13,16H,3-4,6,8,14-15H2,1-2H3. The van der Waals surface area contributed by atoms with Gasteiger partial charge in [-0.3, -0.25) is 9.78 Å². The van der Waals surface area contributed by atoms with Crippen LogP contribution in [0.25, 0.3) is 0 Å². The zero-order valence-corrected chi connectivity index (χ0v) is 14.2. The minimum atomic E-state index is 0.140. The molecule has 0 fully saturated rings. The van der Waals surface area contributed by atoms with Crippen LogP contribution in [0.3, 0.4) is 0 Å². The van der Waals surface area contributed by atoms with Crippen LogP contribution in [0.5, 0.6) is 0 Å². The van der Waals surface area contributed by atoms with Crippen molar-refractivity contribution in [3.63, 3.8) is 0 Å². The SMILES string of the molecule is CCCN(CCCc1cccnc1)C(=O)c1ccc(CC)cc1. The number of amides is 1. The first kappa shape index (κ1) is 17.2. The van der Waals surface area contributed by atoms with E-state index in [1.54, 1.807) is 6.20 Å². The van der Waals surface area contributed by atoms with Crippen molar-refractivity contribution < 1.29 is 4.79 Å². The van der Waals surface area contributed by atoms with Crippen molar-refractivity contribution in [3.05, 3.63) is 65.5 Å². The predicted octanol–water partition coefficient (Wildman–Crippen LogP) is 4.13. The molecule has 3 nitrogen and oxygen atoms in total. The van der Waals surface area contributed by atoms with Crippen LogP contribution in [0.1, 0.15) is 48.2 Å². The highest BCUT2D eigenvalue weighted by Gasteiger charge is 2.14. The number of aromatic nitrogens is 1. The van der Waals surface area contributed by atoms with Crippen molar-refractivity contribution >= 4 is 5.91 Å². The fourth-order valence-electron chi connectivity index (χ4n) is 2.67. The highest BCUT2D eigenvalue weighted by atomic mass is 16.2. The van der Waals surface area contributed by atoms with Crippen LogP contribution in [-0.2, 0) is 12.8 Å². The Kier molecular flexibility index (Phi) is 6.79. The van der Waals surface area contributed by atoms with Gasteiger partial charge < -0.3 is 4.90 Å². The molecule has 0 bridgehead atoms. The van der Waals surface area contributed by atoms with Gasteiger partial charge >= 0.3 is 0 Å². The number of carbonyl (C=O) groups is 1. The molecule has 2 rings (SSSR count). The Bertz CT molecular complexity index is 593. The van der Waals surface area contributed by atoms with Crippen molar-refractivity contribution in [2.45, 2.75) is 39.5 Å². The average molecular weight is 310 g/mol. The normalized spacial score (nSPS) is 10.5. The summed E-state index contributed by atoms with van der Waals surface area (Å²) in [6.45, 7) is 5.83. The molecule has 1 aromatic heterocycles. The summed E-state index contributed by atoms with van der Waals surface area (Å²) in [5, 5.41) is 0. The minimum absolute atomic E-state index is 0.140. The maximum Gasteiger partial charge on any atom is 0.253 e. The summed E-state index contributed by atoms with van der Waals surface area (Å²) < 4.78 is 0. The molecule has 0 saturated heterocycles. The summed E-state index contributed by atoms with van der Waals surface area (Å²) in [5.74, 6) is 0.140. The molecule has 23 heavy (non-hydrogen) atoms. The summed E-state index contributed by atoms with van der Waals surface area (Å²) in [4.78, 5) is 18.8. The first-order valence-corrected chi connectivity index (χ1v) is 8.51. The smallest absolute Gasteiger partial charge is 0.253 e. The molecule has 122 valence electrons. The van der Waals surface area contributed by atoms with Crippen LogP contribution in [-0.4, -0.2) is 28.9 Å². The highest BCUT2D eigenvalue weighted by molar-refractivity contribution is 5.94. The monoisotopic (exact) mass is 310 g/mol. The third-order valence-corrected chi connectivity index (χ3v) is 4.01. The van der Waals surface area contributed by atoms with Gasteiger partial charge in [0.15, 0.2) is 0 Å². The Hall–Kier alpha value is -2.16. The molecule has 2 aromatic rings. The summed E-state index contributed by atoms with van der Waals surface area (Å²) >= 11 is 0. The lowest BCUT2D eigenvalue weighted by Crippen LogP contribution is -2.33. The van der Waals surface area contributed by atoms with Crippen LogP contribution in [0, 0.1) is 0 Å². The number of benzene rings is 1. The molecular weight excluding hydrogens is 284 g/mol. The van der Waals surface area contributed by atoms with Gasteiger partial charge in [0.25, 0.3) is 5.91 Å². The predicted molar refractivity (Wildman–Crippen MR) is 94.6 cm³/mol. The number of nitrogens with zero attached hydrogens (tertiary/aromatic N) is 2. The number of hydrogen-bond acceptors (Lipinski definition) is 2. The average Bonchev–Trinajstić information content (AvgIpc) is 2.61. The lowest BCUT2D eigenvalue weighted by Gasteiger charge is -2.22. The Labute approximate surface area is 139 Å². The van der Waals surface area contributed by atoms with Crippen LogP contribution in [0.2, 0.25) is 0 Å². The number of rotatable bonds is 8. The topological polar surface area (TPSA) is 33.2 Å². The summed E-state index contributed by atoms with van der Waals surface area (Å²) in [7, 11) is 0. The fourth-order valence-corrected chi connectivity index (χ4v) is 2.67. The molecule has 0 N–H and O–H groups in total. The minimum Gasteiger partial charge on any atom is -0.339 e. The number of pyridine rings is 1. The number of hydrogen-bond donors (Lipinski definition) is 0. The van der Waals surface area contributed by atoms with Gasteiger partial charge in [-0.15, -0.1) is 0 Å². The second-order valence-electron chi connectivity index (χ2n) is 5.81. The summed E-state index contributed by atoms with van der Waals surface area (Å²) in [6.07, 6.45) is 7.58. The molecule has 0 saturated carbocycles. The molecule has 0 aliphatic rings. The molecule has 0 atom stereocenters. The Morgan fingerprint density at radius 2 is 1.83 bits per heavy atom. The molecule has 1 amide bonds. The quantitative estimate of drug-likeness (QED) is 0.734. The van der Waals surface area contributed by atoms with E-state index in [4.69, 9.17) is 0 Å². The lowest BCUT2D eigenvalue weighted by atomic mass is 10.1. The van der Waals surface area contributed by atoms with Crippen LogP contribution in [0.4, 0.5) is 0 Å². The van der Waals surface area contributed by atoms with Gasteiger partial charge in [-0.05, 0) is 55.0 Å². The van der Waals surface area contributed by atoms with Gasteiger partial charge in [-0.1, -0.05) is 32.0 Å². The third-order valence-electron chi connectivity index (χ3n) is 4.01. The van der Waals surface area contributed by atoms with E-state index in [1.165, 1.54) is 11.1 Å². The molecular formula is C20H26N2O. The molecule has 0 radical (unpaired) electrons. The maximum absolute atomic E-state index is 12.7.